The summed E-state index contributed by atoms with van der Waals surface area (Å²) >= 11 is 0. The van der Waals surface area contributed by atoms with Crippen LogP contribution in [0.4, 0.5) is 5.82 Å². The molecule has 10 heteroatoms. The molecule has 0 saturated carbocycles. The summed E-state index contributed by atoms with van der Waals surface area (Å²) in [5, 5.41) is 15.9. The van der Waals surface area contributed by atoms with Crippen molar-refractivity contribution >= 4 is 27.5 Å². The highest BCUT2D eigenvalue weighted by atomic mass is 32.2. The van der Waals surface area contributed by atoms with Crippen LogP contribution in [0.5, 0.6) is 0 Å². The maximum absolute atomic E-state index is 12.3. The van der Waals surface area contributed by atoms with Crippen molar-refractivity contribution in [2.24, 2.45) is 0 Å². The summed E-state index contributed by atoms with van der Waals surface area (Å²) in [5.41, 5.74) is 0.578. The molecule has 9 nitrogen and oxygen atoms in total. The Hall–Kier alpha value is -3.97. The van der Waals surface area contributed by atoms with Crippen LogP contribution in [0.25, 0.3) is 5.69 Å². The summed E-state index contributed by atoms with van der Waals surface area (Å²) in [6.07, 6.45) is 2.27. The van der Waals surface area contributed by atoms with Crippen molar-refractivity contribution in [2.45, 2.75) is 4.90 Å². The highest BCUT2D eigenvalue weighted by molar-refractivity contribution is 7.90. The Kier molecular flexibility index (Phi) is 5.94. The summed E-state index contributed by atoms with van der Waals surface area (Å²) in [7, 11) is -3.65. The van der Waals surface area contributed by atoms with Gasteiger partial charge in [-0.1, -0.05) is 30.3 Å². The largest absolute Gasteiger partial charge is 0.452 e. The number of carbonyl (C=O) groups excluding carboxylic acids is 2. The van der Waals surface area contributed by atoms with Crippen LogP contribution in [0.15, 0.2) is 65.7 Å². The number of nitrogens with zero attached hydrogens (tertiary/aromatic N) is 3. The number of para-hydroxylation sites is 1. The van der Waals surface area contributed by atoms with E-state index < -0.39 is 28.3 Å². The van der Waals surface area contributed by atoms with Gasteiger partial charge in [-0.25, -0.2) is 17.9 Å². The minimum absolute atomic E-state index is 0.126. The monoisotopic (exact) mass is 424 g/mol. The Morgan fingerprint density at radius 3 is 2.47 bits per heavy atom. The first-order valence-corrected chi connectivity index (χ1v) is 10.5. The van der Waals surface area contributed by atoms with Gasteiger partial charge in [-0.3, -0.25) is 4.79 Å². The Bertz CT molecular complexity index is 1240. The van der Waals surface area contributed by atoms with Crippen LogP contribution in [0, 0.1) is 11.3 Å². The van der Waals surface area contributed by atoms with E-state index in [1.165, 1.54) is 35.1 Å². The number of benzene rings is 2. The highest BCUT2D eigenvalue weighted by Crippen LogP contribution is 2.20. The molecule has 2 aromatic carbocycles. The number of esters is 1. The van der Waals surface area contributed by atoms with Crippen molar-refractivity contribution in [1.29, 1.82) is 5.26 Å². The van der Waals surface area contributed by atoms with Crippen molar-refractivity contribution < 1.29 is 22.7 Å². The second kappa shape index (κ2) is 8.59. The first-order valence-electron chi connectivity index (χ1n) is 8.61. The molecular weight excluding hydrogens is 408 g/mol. The predicted octanol–water partition coefficient (Wildman–Crippen LogP) is 1.94. The fraction of sp³-hybridized carbons (Fsp3) is 0.100. The van der Waals surface area contributed by atoms with Gasteiger partial charge in [0.1, 0.15) is 11.6 Å². The smallest absolute Gasteiger partial charge is 0.339 e. The summed E-state index contributed by atoms with van der Waals surface area (Å²) in [4.78, 5) is 24.4. The van der Waals surface area contributed by atoms with Crippen LogP contribution >= 0.6 is 0 Å². The van der Waals surface area contributed by atoms with Gasteiger partial charge in [-0.05, 0) is 24.3 Å². The lowest BCUT2D eigenvalue weighted by atomic mass is 10.2. The van der Waals surface area contributed by atoms with E-state index in [0.29, 0.717) is 5.69 Å². The molecule has 30 heavy (non-hydrogen) atoms. The van der Waals surface area contributed by atoms with Crippen LogP contribution in [0.2, 0.25) is 0 Å². The number of nitrogens with one attached hydrogen (secondary N) is 1. The molecule has 1 amide bonds. The third-order valence-corrected chi connectivity index (χ3v) is 5.14. The van der Waals surface area contributed by atoms with Gasteiger partial charge < -0.3 is 10.1 Å². The highest BCUT2D eigenvalue weighted by Gasteiger charge is 2.21. The van der Waals surface area contributed by atoms with Crippen LogP contribution in [-0.4, -0.2) is 42.9 Å². The average Bonchev–Trinajstić information content (AvgIpc) is 3.14. The number of ether oxygens (including phenoxy) is 1. The summed E-state index contributed by atoms with van der Waals surface area (Å²) in [6, 6.07) is 16.3. The molecule has 0 unspecified atom stereocenters. The molecule has 152 valence electrons. The molecule has 3 aromatic rings. The Morgan fingerprint density at radius 1 is 1.13 bits per heavy atom. The SMILES string of the molecule is CS(=O)(=O)c1ccccc1C(=O)OCC(=O)Nc1c(C#N)cnn1-c1ccccc1. The van der Waals surface area contributed by atoms with E-state index in [9.17, 15) is 23.3 Å². The minimum Gasteiger partial charge on any atom is -0.452 e. The molecule has 0 spiro atoms. The Labute approximate surface area is 172 Å². The minimum atomic E-state index is -3.65. The number of amides is 1. The molecule has 1 heterocycles. The predicted molar refractivity (Wildman–Crippen MR) is 107 cm³/mol. The number of hydrogen-bond acceptors (Lipinski definition) is 7. The number of rotatable bonds is 6. The maximum Gasteiger partial charge on any atom is 0.339 e. The van der Waals surface area contributed by atoms with Crippen LogP contribution < -0.4 is 5.32 Å². The maximum atomic E-state index is 12.3. The number of sulfone groups is 1. The summed E-state index contributed by atoms with van der Waals surface area (Å²) in [6.45, 7) is -0.679. The van der Waals surface area contributed by atoms with E-state index in [1.54, 1.807) is 24.3 Å². The Balaban J connectivity index is 1.75. The molecule has 0 aliphatic rings. The van der Waals surface area contributed by atoms with Gasteiger partial charge in [0.2, 0.25) is 0 Å². The lowest BCUT2D eigenvalue weighted by Gasteiger charge is -2.11. The van der Waals surface area contributed by atoms with Gasteiger partial charge in [0.15, 0.2) is 22.3 Å². The zero-order valence-electron chi connectivity index (χ0n) is 15.8. The van der Waals surface area contributed by atoms with Gasteiger partial charge in [-0.15, -0.1) is 0 Å². The van der Waals surface area contributed by atoms with Crippen LogP contribution in [0.3, 0.4) is 0 Å². The third kappa shape index (κ3) is 4.53. The number of hydrogen-bond donors (Lipinski definition) is 1. The molecule has 1 N–H and O–H groups in total. The fourth-order valence-electron chi connectivity index (χ4n) is 2.65. The zero-order valence-corrected chi connectivity index (χ0v) is 16.6. The number of anilines is 1. The standard InChI is InChI=1S/C20H16N4O5S/c1-30(27,28)17-10-6-5-9-16(17)20(26)29-13-18(25)23-19-14(11-21)12-22-24(19)15-7-3-2-4-8-15/h2-10,12H,13H2,1H3,(H,23,25). The summed E-state index contributed by atoms with van der Waals surface area (Å²) < 4.78 is 30.0. The fourth-order valence-corrected chi connectivity index (χ4v) is 3.53. The first-order chi connectivity index (χ1) is 14.3. The van der Waals surface area contributed by atoms with Crippen molar-refractivity contribution in [1.82, 2.24) is 9.78 Å². The topological polar surface area (TPSA) is 131 Å². The van der Waals surface area contributed by atoms with E-state index >= 15 is 0 Å². The van der Waals surface area contributed by atoms with E-state index in [4.69, 9.17) is 4.74 Å². The normalized spacial score (nSPS) is 10.8. The molecule has 3 rings (SSSR count). The van der Waals surface area contributed by atoms with Crippen molar-refractivity contribution in [3.63, 3.8) is 0 Å². The van der Waals surface area contributed by atoms with Crippen LogP contribution in [0.1, 0.15) is 15.9 Å². The van der Waals surface area contributed by atoms with Gasteiger partial charge in [-0.2, -0.15) is 10.4 Å². The molecule has 0 aliphatic heterocycles. The van der Waals surface area contributed by atoms with Gasteiger partial charge in [0.25, 0.3) is 5.91 Å². The zero-order chi connectivity index (χ0) is 21.7. The molecule has 0 atom stereocenters. The van der Waals surface area contributed by atoms with E-state index in [2.05, 4.69) is 10.4 Å². The summed E-state index contributed by atoms with van der Waals surface area (Å²) in [5.74, 6) is -1.54. The van der Waals surface area contributed by atoms with Gasteiger partial charge in [0.05, 0.1) is 22.3 Å². The van der Waals surface area contributed by atoms with Crippen molar-refractivity contribution in [3.05, 3.63) is 71.9 Å². The van der Waals surface area contributed by atoms with Gasteiger partial charge >= 0.3 is 5.97 Å². The third-order valence-electron chi connectivity index (χ3n) is 3.99. The van der Waals surface area contributed by atoms with E-state index in [-0.39, 0.29) is 21.8 Å². The molecule has 0 bridgehead atoms. The Morgan fingerprint density at radius 2 is 1.80 bits per heavy atom. The number of aromatic nitrogens is 2. The van der Waals surface area contributed by atoms with E-state index in [1.807, 2.05) is 12.1 Å². The number of nitriles is 1. The molecule has 0 radical (unpaired) electrons. The molecule has 0 fully saturated rings. The molecule has 0 saturated heterocycles. The van der Waals surface area contributed by atoms with Crippen molar-refractivity contribution in [2.75, 3.05) is 18.2 Å². The first kappa shape index (κ1) is 20.8. The van der Waals surface area contributed by atoms with Gasteiger partial charge in [0, 0.05) is 6.26 Å². The van der Waals surface area contributed by atoms with Crippen LogP contribution in [-0.2, 0) is 19.4 Å². The second-order valence-electron chi connectivity index (χ2n) is 6.16. The molecule has 0 aliphatic carbocycles. The average molecular weight is 424 g/mol. The lowest BCUT2D eigenvalue weighted by Crippen LogP contribution is -2.23. The lowest BCUT2D eigenvalue weighted by molar-refractivity contribution is -0.119. The molecular formula is C20H16N4O5S. The van der Waals surface area contributed by atoms with E-state index in [0.717, 1.165) is 6.26 Å². The second-order valence-corrected chi connectivity index (χ2v) is 8.14. The molecule has 1 aromatic heterocycles. The quantitative estimate of drug-likeness (QED) is 0.598. The van der Waals surface area contributed by atoms with Crippen molar-refractivity contribution in [3.8, 4) is 11.8 Å². The number of carbonyl (C=O) groups is 2.